The molecule has 60 valence electrons. The summed E-state index contributed by atoms with van der Waals surface area (Å²) in [6.45, 7) is 0. The van der Waals surface area contributed by atoms with Gasteiger partial charge in [0.1, 0.15) is 5.82 Å². The van der Waals surface area contributed by atoms with E-state index in [2.05, 4.69) is 10.2 Å². The van der Waals surface area contributed by atoms with Crippen molar-refractivity contribution < 1.29 is 5.11 Å². The number of nitrogens with two attached hydrogens (primary N) is 1. The molecule has 0 aromatic carbocycles. The lowest BCUT2D eigenvalue weighted by molar-refractivity contribution is 0.157. The summed E-state index contributed by atoms with van der Waals surface area (Å²) in [7, 11) is 0. The van der Waals surface area contributed by atoms with E-state index < -0.39 is 0 Å². The number of rotatable bonds is 0. The average molecular weight is 153 g/mol. The first kappa shape index (κ1) is 6.67. The van der Waals surface area contributed by atoms with E-state index in [-0.39, 0.29) is 6.10 Å². The summed E-state index contributed by atoms with van der Waals surface area (Å²) in [6.07, 6.45) is 2.06. The van der Waals surface area contributed by atoms with Crippen LogP contribution in [0.2, 0.25) is 0 Å². The molecule has 1 heterocycles. The van der Waals surface area contributed by atoms with E-state index in [9.17, 15) is 5.11 Å². The van der Waals surface area contributed by atoms with E-state index in [1.807, 2.05) is 0 Å². The van der Waals surface area contributed by atoms with Gasteiger partial charge in [0.2, 0.25) is 0 Å². The van der Waals surface area contributed by atoms with Crippen LogP contribution in [0.5, 0.6) is 0 Å². The zero-order valence-electron chi connectivity index (χ0n) is 6.17. The van der Waals surface area contributed by atoms with E-state index in [4.69, 9.17) is 5.73 Å². The quantitative estimate of drug-likeness (QED) is 0.485. The van der Waals surface area contributed by atoms with Gasteiger partial charge >= 0.3 is 0 Å². The van der Waals surface area contributed by atoms with Gasteiger partial charge in [0, 0.05) is 12.0 Å². The van der Waals surface area contributed by atoms with Gasteiger partial charge in [-0.05, 0) is 12.8 Å². The van der Waals surface area contributed by atoms with Crippen LogP contribution in [0.4, 0.5) is 5.82 Å². The Morgan fingerprint density at radius 1 is 1.64 bits per heavy atom. The molecule has 11 heavy (non-hydrogen) atoms. The van der Waals surface area contributed by atoms with Crippen molar-refractivity contribution in [3.05, 3.63) is 11.3 Å². The third-order valence-electron chi connectivity index (χ3n) is 2.14. The highest BCUT2D eigenvalue weighted by molar-refractivity contribution is 5.43. The van der Waals surface area contributed by atoms with E-state index in [0.717, 1.165) is 24.1 Å². The van der Waals surface area contributed by atoms with Crippen molar-refractivity contribution in [1.29, 1.82) is 0 Å². The van der Waals surface area contributed by atoms with Crippen molar-refractivity contribution in [3.63, 3.8) is 0 Å². The summed E-state index contributed by atoms with van der Waals surface area (Å²) in [4.78, 5) is 0. The van der Waals surface area contributed by atoms with Crippen LogP contribution in [-0.4, -0.2) is 21.4 Å². The lowest BCUT2D eigenvalue weighted by Gasteiger charge is -2.15. The molecule has 1 aromatic heterocycles. The van der Waals surface area contributed by atoms with Gasteiger partial charge in [-0.1, -0.05) is 0 Å². The van der Waals surface area contributed by atoms with Crippen LogP contribution >= 0.6 is 0 Å². The normalized spacial score (nSPS) is 23.2. The molecule has 1 aromatic rings. The Bertz CT molecular complexity index is 269. The van der Waals surface area contributed by atoms with Gasteiger partial charge in [-0.2, -0.15) is 5.10 Å². The molecule has 4 nitrogen and oxygen atoms in total. The molecule has 2 rings (SSSR count). The van der Waals surface area contributed by atoms with Crippen molar-refractivity contribution in [2.75, 3.05) is 5.73 Å². The Morgan fingerprint density at radius 3 is 3.27 bits per heavy atom. The molecule has 0 amide bonds. The first-order valence-electron chi connectivity index (χ1n) is 3.77. The Morgan fingerprint density at radius 2 is 2.45 bits per heavy atom. The van der Waals surface area contributed by atoms with Gasteiger partial charge in [0.15, 0.2) is 0 Å². The van der Waals surface area contributed by atoms with E-state index >= 15 is 0 Å². The van der Waals surface area contributed by atoms with Crippen LogP contribution in [0, 0.1) is 0 Å². The zero-order chi connectivity index (χ0) is 7.84. The highest BCUT2D eigenvalue weighted by Gasteiger charge is 2.20. The highest BCUT2D eigenvalue weighted by Crippen LogP contribution is 2.23. The topological polar surface area (TPSA) is 74.9 Å². The van der Waals surface area contributed by atoms with Crippen LogP contribution < -0.4 is 5.73 Å². The third-order valence-corrected chi connectivity index (χ3v) is 2.14. The summed E-state index contributed by atoms with van der Waals surface area (Å²) in [6, 6.07) is 0. The van der Waals surface area contributed by atoms with E-state index in [1.165, 1.54) is 0 Å². The molecular weight excluding hydrogens is 142 g/mol. The molecule has 0 spiro atoms. The van der Waals surface area contributed by atoms with E-state index in [0.29, 0.717) is 12.2 Å². The number of aliphatic hydroxyl groups is 1. The Hall–Kier alpha value is -1.03. The second-order valence-electron chi connectivity index (χ2n) is 2.96. The molecule has 0 unspecified atom stereocenters. The monoisotopic (exact) mass is 153 g/mol. The van der Waals surface area contributed by atoms with Crippen molar-refractivity contribution >= 4 is 5.82 Å². The lowest BCUT2D eigenvalue weighted by atomic mass is 9.95. The fourth-order valence-electron chi connectivity index (χ4n) is 1.50. The largest absolute Gasteiger partial charge is 0.393 e. The van der Waals surface area contributed by atoms with Gasteiger partial charge < -0.3 is 10.8 Å². The fraction of sp³-hybridized carbons (Fsp3) is 0.571. The summed E-state index contributed by atoms with van der Waals surface area (Å²) in [5.74, 6) is 0.659. The SMILES string of the molecule is Nc1[nH]nc2c1CC[C@@H](O)C2. The number of fused-ring (bicyclic) bond motifs is 1. The van der Waals surface area contributed by atoms with Crippen molar-refractivity contribution in [1.82, 2.24) is 10.2 Å². The Balaban J connectivity index is 2.36. The summed E-state index contributed by atoms with van der Waals surface area (Å²) < 4.78 is 0. The maximum Gasteiger partial charge on any atom is 0.122 e. The molecule has 0 fully saturated rings. The number of aliphatic hydroxyl groups excluding tert-OH is 1. The van der Waals surface area contributed by atoms with Crippen LogP contribution in [0.3, 0.4) is 0 Å². The predicted octanol–water partition coefficient (Wildman–Crippen LogP) is -0.159. The van der Waals surface area contributed by atoms with Crippen molar-refractivity contribution in [2.24, 2.45) is 0 Å². The van der Waals surface area contributed by atoms with Gasteiger partial charge in [-0.3, -0.25) is 5.10 Å². The zero-order valence-corrected chi connectivity index (χ0v) is 6.17. The molecule has 1 aliphatic rings. The minimum Gasteiger partial charge on any atom is -0.393 e. The molecule has 1 atom stereocenters. The third kappa shape index (κ3) is 0.991. The number of aromatic amines is 1. The standard InChI is InChI=1S/C7H11N3O/c8-7-5-2-1-4(11)3-6(5)9-10-7/h4,11H,1-3H2,(H3,8,9,10)/t4-/m1/s1. The Labute approximate surface area is 64.4 Å². The van der Waals surface area contributed by atoms with Crippen LogP contribution in [0.25, 0.3) is 0 Å². The highest BCUT2D eigenvalue weighted by atomic mass is 16.3. The number of aromatic nitrogens is 2. The predicted molar refractivity (Wildman–Crippen MR) is 41.0 cm³/mol. The molecule has 4 heteroatoms. The van der Waals surface area contributed by atoms with Gasteiger partial charge in [-0.15, -0.1) is 0 Å². The molecule has 0 saturated carbocycles. The number of hydrogen-bond acceptors (Lipinski definition) is 3. The van der Waals surface area contributed by atoms with Crippen molar-refractivity contribution in [2.45, 2.75) is 25.4 Å². The number of H-pyrrole nitrogens is 1. The molecule has 0 bridgehead atoms. The van der Waals surface area contributed by atoms with Gasteiger partial charge in [0.05, 0.1) is 11.8 Å². The molecular formula is C7H11N3O. The van der Waals surface area contributed by atoms with Gasteiger partial charge in [0.25, 0.3) is 0 Å². The average Bonchev–Trinajstić information content (AvgIpc) is 2.32. The second kappa shape index (κ2) is 2.23. The minimum absolute atomic E-state index is 0.231. The molecule has 4 N–H and O–H groups in total. The number of nitrogens with zero attached hydrogens (tertiary/aromatic N) is 1. The number of nitrogen functional groups attached to an aromatic ring is 1. The summed E-state index contributed by atoms with van der Waals surface area (Å²) in [5, 5.41) is 16.0. The maximum absolute atomic E-state index is 9.27. The fourth-order valence-corrected chi connectivity index (χ4v) is 1.50. The molecule has 1 aliphatic carbocycles. The molecule has 0 saturated heterocycles. The number of nitrogens with one attached hydrogen (secondary N) is 1. The lowest BCUT2D eigenvalue weighted by Crippen LogP contribution is -2.18. The number of hydrogen-bond donors (Lipinski definition) is 3. The van der Waals surface area contributed by atoms with E-state index in [1.54, 1.807) is 0 Å². The minimum atomic E-state index is -0.231. The van der Waals surface area contributed by atoms with Crippen LogP contribution in [0.15, 0.2) is 0 Å². The maximum atomic E-state index is 9.27. The smallest absolute Gasteiger partial charge is 0.122 e. The number of anilines is 1. The summed E-state index contributed by atoms with van der Waals surface area (Å²) >= 11 is 0. The van der Waals surface area contributed by atoms with Crippen LogP contribution in [0.1, 0.15) is 17.7 Å². The first-order valence-corrected chi connectivity index (χ1v) is 3.77. The second-order valence-corrected chi connectivity index (χ2v) is 2.96. The Kier molecular flexibility index (Phi) is 1.35. The van der Waals surface area contributed by atoms with Crippen molar-refractivity contribution in [3.8, 4) is 0 Å². The van der Waals surface area contributed by atoms with Crippen LogP contribution in [-0.2, 0) is 12.8 Å². The first-order chi connectivity index (χ1) is 5.27. The van der Waals surface area contributed by atoms with Gasteiger partial charge in [-0.25, -0.2) is 0 Å². The molecule has 0 aliphatic heterocycles. The summed E-state index contributed by atoms with van der Waals surface area (Å²) in [5.41, 5.74) is 7.63. The molecule has 0 radical (unpaired) electrons.